The van der Waals surface area contributed by atoms with Crippen LogP contribution in [0.4, 0.5) is 0 Å². The van der Waals surface area contributed by atoms with Gasteiger partial charge in [0.05, 0.1) is 5.60 Å². The van der Waals surface area contributed by atoms with Crippen LogP contribution in [-0.2, 0) is 0 Å². The summed E-state index contributed by atoms with van der Waals surface area (Å²) in [5.74, 6) is 0. The van der Waals surface area contributed by atoms with Gasteiger partial charge in [-0.15, -0.1) is 0 Å². The SMILES string of the molecule is OCCCCC1(O)C=CC=CC1. The van der Waals surface area contributed by atoms with E-state index in [1.807, 2.05) is 24.3 Å². The molecule has 68 valence electrons. The van der Waals surface area contributed by atoms with Crippen molar-refractivity contribution in [3.63, 3.8) is 0 Å². The lowest BCUT2D eigenvalue weighted by Gasteiger charge is -2.24. The Morgan fingerprint density at radius 2 is 2.08 bits per heavy atom. The van der Waals surface area contributed by atoms with Crippen LogP contribution in [-0.4, -0.2) is 22.4 Å². The Labute approximate surface area is 73.2 Å². The smallest absolute Gasteiger partial charge is 0.0865 e. The highest BCUT2D eigenvalue weighted by atomic mass is 16.3. The van der Waals surface area contributed by atoms with E-state index in [9.17, 15) is 5.11 Å². The van der Waals surface area contributed by atoms with Gasteiger partial charge in [-0.2, -0.15) is 0 Å². The molecule has 0 saturated heterocycles. The van der Waals surface area contributed by atoms with Crippen LogP contribution in [0.25, 0.3) is 0 Å². The quantitative estimate of drug-likeness (QED) is 0.623. The van der Waals surface area contributed by atoms with Crippen LogP contribution in [0, 0.1) is 0 Å². The molecule has 2 N–H and O–H groups in total. The molecule has 0 aromatic heterocycles. The van der Waals surface area contributed by atoms with Crippen LogP contribution in [0.15, 0.2) is 24.3 Å². The predicted octanol–water partition coefficient (Wildman–Crippen LogP) is 1.40. The fourth-order valence-corrected chi connectivity index (χ4v) is 1.38. The van der Waals surface area contributed by atoms with Crippen molar-refractivity contribution in [1.82, 2.24) is 0 Å². The zero-order valence-corrected chi connectivity index (χ0v) is 7.24. The molecule has 1 rings (SSSR count). The van der Waals surface area contributed by atoms with Crippen molar-refractivity contribution in [1.29, 1.82) is 0 Å². The van der Waals surface area contributed by atoms with Crippen LogP contribution in [0.5, 0.6) is 0 Å². The Balaban J connectivity index is 2.29. The monoisotopic (exact) mass is 168 g/mol. The second-order valence-electron chi connectivity index (χ2n) is 3.28. The molecule has 1 aliphatic rings. The molecule has 0 heterocycles. The Morgan fingerprint density at radius 1 is 1.25 bits per heavy atom. The molecule has 12 heavy (non-hydrogen) atoms. The molecule has 0 spiro atoms. The van der Waals surface area contributed by atoms with Gasteiger partial charge in [-0.1, -0.05) is 24.3 Å². The van der Waals surface area contributed by atoms with E-state index < -0.39 is 5.60 Å². The Kier molecular flexibility index (Phi) is 3.50. The Morgan fingerprint density at radius 3 is 2.67 bits per heavy atom. The van der Waals surface area contributed by atoms with Gasteiger partial charge in [-0.3, -0.25) is 0 Å². The molecular formula is C10H16O2. The van der Waals surface area contributed by atoms with Gasteiger partial charge < -0.3 is 10.2 Å². The first-order valence-corrected chi connectivity index (χ1v) is 4.44. The summed E-state index contributed by atoms with van der Waals surface area (Å²) in [4.78, 5) is 0. The van der Waals surface area contributed by atoms with Gasteiger partial charge in [-0.05, 0) is 25.7 Å². The van der Waals surface area contributed by atoms with Gasteiger partial charge in [0.1, 0.15) is 0 Å². The average Bonchev–Trinajstić information content (AvgIpc) is 2.06. The van der Waals surface area contributed by atoms with E-state index in [0.29, 0.717) is 6.42 Å². The molecule has 0 bridgehead atoms. The predicted molar refractivity (Wildman–Crippen MR) is 48.8 cm³/mol. The third-order valence-corrected chi connectivity index (χ3v) is 2.14. The summed E-state index contributed by atoms with van der Waals surface area (Å²) < 4.78 is 0. The molecule has 0 aliphatic heterocycles. The van der Waals surface area contributed by atoms with Gasteiger partial charge in [0.15, 0.2) is 0 Å². The van der Waals surface area contributed by atoms with Gasteiger partial charge in [-0.25, -0.2) is 0 Å². The molecule has 1 unspecified atom stereocenters. The summed E-state index contributed by atoms with van der Waals surface area (Å²) in [6, 6.07) is 0. The zero-order chi connectivity index (χ0) is 8.86. The second kappa shape index (κ2) is 4.43. The molecule has 1 aliphatic carbocycles. The maximum absolute atomic E-state index is 9.88. The summed E-state index contributed by atoms with van der Waals surface area (Å²) in [6.45, 7) is 0.218. The first-order chi connectivity index (χ1) is 5.77. The topological polar surface area (TPSA) is 40.5 Å². The number of allylic oxidation sites excluding steroid dienone is 2. The molecule has 0 saturated carbocycles. The van der Waals surface area contributed by atoms with Crippen molar-refractivity contribution in [2.45, 2.75) is 31.3 Å². The maximum Gasteiger partial charge on any atom is 0.0865 e. The van der Waals surface area contributed by atoms with Crippen molar-refractivity contribution >= 4 is 0 Å². The van der Waals surface area contributed by atoms with Crippen LogP contribution >= 0.6 is 0 Å². The summed E-state index contributed by atoms with van der Waals surface area (Å²) >= 11 is 0. The molecule has 0 fully saturated rings. The molecule has 0 radical (unpaired) electrons. The summed E-state index contributed by atoms with van der Waals surface area (Å²) in [7, 11) is 0. The fraction of sp³-hybridized carbons (Fsp3) is 0.600. The van der Waals surface area contributed by atoms with Crippen molar-refractivity contribution < 1.29 is 10.2 Å². The molecule has 0 aromatic carbocycles. The molecular weight excluding hydrogens is 152 g/mol. The fourth-order valence-electron chi connectivity index (χ4n) is 1.38. The number of hydrogen-bond donors (Lipinski definition) is 2. The summed E-state index contributed by atoms with van der Waals surface area (Å²) in [6.07, 6.45) is 10.7. The first kappa shape index (κ1) is 9.49. The molecule has 1 atom stereocenters. The Hall–Kier alpha value is -0.600. The highest BCUT2D eigenvalue weighted by molar-refractivity contribution is 5.17. The number of aliphatic hydroxyl groups excluding tert-OH is 1. The highest BCUT2D eigenvalue weighted by Crippen LogP contribution is 2.23. The minimum Gasteiger partial charge on any atom is -0.396 e. The highest BCUT2D eigenvalue weighted by Gasteiger charge is 2.21. The second-order valence-corrected chi connectivity index (χ2v) is 3.28. The average molecular weight is 168 g/mol. The molecule has 0 amide bonds. The number of unbranched alkanes of at least 4 members (excludes halogenated alkanes) is 1. The van der Waals surface area contributed by atoms with E-state index in [-0.39, 0.29) is 6.61 Å². The van der Waals surface area contributed by atoms with Gasteiger partial charge in [0.25, 0.3) is 0 Å². The molecule has 0 aromatic rings. The lowest BCUT2D eigenvalue weighted by atomic mass is 9.90. The number of hydrogen-bond acceptors (Lipinski definition) is 2. The van der Waals surface area contributed by atoms with Gasteiger partial charge in [0.2, 0.25) is 0 Å². The minimum atomic E-state index is -0.649. The third kappa shape index (κ3) is 2.80. The standard InChI is InChI=1S/C10H16O2/c11-9-5-4-8-10(12)6-2-1-3-7-10/h1-3,6,11-12H,4-5,7-9H2. The van der Waals surface area contributed by atoms with Crippen molar-refractivity contribution in [3.8, 4) is 0 Å². The van der Waals surface area contributed by atoms with E-state index in [2.05, 4.69) is 0 Å². The number of aliphatic hydroxyl groups is 2. The molecule has 2 nitrogen and oxygen atoms in total. The van der Waals surface area contributed by atoms with Crippen LogP contribution in [0.2, 0.25) is 0 Å². The van der Waals surface area contributed by atoms with E-state index in [1.165, 1.54) is 0 Å². The summed E-state index contributed by atoms with van der Waals surface area (Å²) in [5, 5.41) is 18.4. The summed E-state index contributed by atoms with van der Waals surface area (Å²) in [5.41, 5.74) is -0.649. The lowest BCUT2D eigenvalue weighted by molar-refractivity contribution is 0.0788. The maximum atomic E-state index is 9.88. The minimum absolute atomic E-state index is 0.218. The van der Waals surface area contributed by atoms with Gasteiger partial charge in [0, 0.05) is 6.61 Å². The third-order valence-electron chi connectivity index (χ3n) is 2.14. The van der Waals surface area contributed by atoms with Crippen molar-refractivity contribution in [3.05, 3.63) is 24.3 Å². The van der Waals surface area contributed by atoms with Gasteiger partial charge >= 0.3 is 0 Å². The van der Waals surface area contributed by atoms with Crippen LogP contribution in [0.3, 0.4) is 0 Å². The molecule has 2 heteroatoms. The van der Waals surface area contributed by atoms with Crippen molar-refractivity contribution in [2.24, 2.45) is 0 Å². The number of rotatable bonds is 4. The zero-order valence-electron chi connectivity index (χ0n) is 7.24. The van der Waals surface area contributed by atoms with E-state index in [4.69, 9.17) is 5.11 Å². The normalized spacial score (nSPS) is 27.8. The van der Waals surface area contributed by atoms with E-state index in [1.54, 1.807) is 0 Å². The first-order valence-electron chi connectivity index (χ1n) is 4.44. The van der Waals surface area contributed by atoms with E-state index in [0.717, 1.165) is 19.3 Å². The van der Waals surface area contributed by atoms with Crippen LogP contribution in [0.1, 0.15) is 25.7 Å². The Bertz CT molecular complexity index is 184. The largest absolute Gasteiger partial charge is 0.396 e. The van der Waals surface area contributed by atoms with E-state index >= 15 is 0 Å². The van der Waals surface area contributed by atoms with Crippen molar-refractivity contribution in [2.75, 3.05) is 6.61 Å². The van der Waals surface area contributed by atoms with Crippen LogP contribution < -0.4 is 0 Å². The lowest BCUT2D eigenvalue weighted by Crippen LogP contribution is -2.25.